The van der Waals surface area contributed by atoms with Gasteiger partial charge in [0, 0.05) is 38.2 Å². The quantitative estimate of drug-likeness (QED) is 0.382. The summed E-state index contributed by atoms with van der Waals surface area (Å²) in [6.07, 6.45) is 4.15. The molecular formula is C19H30N4O2. The van der Waals surface area contributed by atoms with Crippen molar-refractivity contribution in [3.8, 4) is 5.75 Å². The first-order valence-electron chi connectivity index (χ1n) is 8.99. The lowest BCUT2D eigenvalue weighted by atomic mass is 9.85. The number of benzene rings is 1. The molecule has 3 N–H and O–H groups in total. The topological polar surface area (TPSA) is 74.8 Å². The third kappa shape index (κ3) is 5.96. The van der Waals surface area contributed by atoms with E-state index in [-0.39, 0.29) is 11.8 Å². The Balaban J connectivity index is 1.66. The minimum Gasteiger partial charge on any atom is -0.496 e. The van der Waals surface area contributed by atoms with E-state index in [1.165, 1.54) is 12.0 Å². The van der Waals surface area contributed by atoms with Crippen molar-refractivity contribution in [1.29, 1.82) is 0 Å². The van der Waals surface area contributed by atoms with Gasteiger partial charge in [-0.05, 0) is 37.8 Å². The molecule has 0 spiro atoms. The lowest BCUT2D eigenvalue weighted by molar-refractivity contribution is -0.127. The van der Waals surface area contributed by atoms with Crippen LogP contribution in [0.25, 0.3) is 0 Å². The van der Waals surface area contributed by atoms with Crippen molar-refractivity contribution >= 4 is 11.9 Å². The molecule has 1 aromatic carbocycles. The average Bonchev–Trinajstić information content (AvgIpc) is 2.56. The van der Waals surface area contributed by atoms with Crippen LogP contribution in [0.15, 0.2) is 23.2 Å². The first-order valence-corrected chi connectivity index (χ1v) is 8.99. The zero-order valence-electron chi connectivity index (χ0n) is 15.5. The van der Waals surface area contributed by atoms with E-state index >= 15 is 0 Å². The van der Waals surface area contributed by atoms with Crippen molar-refractivity contribution < 1.29 is 9.53 Å². The van der Waals surface area contributed by atoms with Crippen molar-refractivity contribution in [3.63, 3.8) is 0 Å². The van der Waals surface area contributed by atoms with Gasteiger partial charge in [0.1, 0.15) is 5.75 Å². The number of guanidine groups is 1. The van der Waals surface area contributed by atoms with Crippen molar-refractivity contribution in [3.05, 3.63) is 29.3 Å². The molecule has 0 bridgehead atoms. The molecular weight excluding hydrogens is 316 g/mol. The average molecular weight is 346 g/mol. The van der Waals surface area contributed by atoms with Gasteiger partial charge in [-0.15, -0.1) is 0 Å². The van der Waals surface area contributed by atoms with Gasteiger partial charge in [0.15, 0.2) is 5.96 Å². The van der Waals surface area contributed by atoms with Crippen LogP contribution >= 0.6 is 0 Å². The molecule has 1 aliphatic rings. The zero-order chi connectivity index (χ0) is 18.1. The Morgan fingerprint density at radius 1 is 1.24 bits per heavy atom. The van der Waals surface area contributed by atoms with E-state index in [0.29, 0.717) is 13.1 Å². The normalized spacial score (nSPS) is 14.6. The summed E-state index contributed by atoms with van der Waals surface area (Å²) >= 11 is 0. The largest absolute Gasteiger partial charge is 0.496 e. The molecule has 6 nitrogen and oxygen atoms in total. The van der Waals surface area contributed by atoms with Crippen molar-refractivity contribution in [1.82, 2.24) is 16.0 Å². The highest BCUT2D eigenvalue weighted by atomic mass is 16.5. The number of methoxy groups -OCH3 is 1. The molecule has 0 atom stereocenters. The van der Waals surface area contributed by atoms with Crippen molar-refractivity contribution in [2.75, 3.05) is 27.2 Å². The predicted octanol–water partition coefficient (Wildman–Crippen LogP) is 1.98. The van der Waals surface area contributed by atoms with Crippen LogP contribution in [0, 0.1) is 12.8 Å². The number of hydrogen-bond acceptors (Lipinski definition) is 3. The lowest BCUT2D eigenvalue weighted by Crippen LogP contribution is -2.39. The Kier molecular flexibility index (Phi) is 7.57. The lowest BCUT2D eigenvalue weighted by Gasteiger charge is -2.24. The fraction of sp³-hybridized carbons (Fsp3) is 0.579. The maximum Gasteiger partial charge on any atom is 0.223 e. The molecule has 25 heavy (non-hydrogen) atoms. The first-order chi connectivity index (χ1) is 12.1. The number of aliphatic imine (C=N–C) groups is 1. The smallest absolute Gasteiger partial charge is 0.223 e. The Hall–Kier alpha value is -2.24. The third-order valence-corrected chi connectivity index (χ3v) is 4.53. The Morgan fingerprint density at radius 2 is 2.00 bits per heavy atom. The van der Waals surface area contributed by atoms with E-state index in [1.807, 2.05) is 13.0 Å². The van der Waals surface area contributed by atoms with Crippen LogP contribution in [0.1, 0.15) is 36.8 Å². The number of amides is 1. The predicted molar refractivity (Wildman–Crippen MR) is 101 cm³/mol. The summed E-state index contributed by atoms with van der Waals surface area (Å²) in [5.41, 5.74) is 2.26. The number of ether oxygens (including phenoxy) is 1. The summed E-state index contributed by atoms with van der Waals surface area (Å²) in [5.74, 6) is 2.08. The monoisotopic (exact) mass is 346 g/mol. The zero-order valence-corrected chi connectivity index (χ0v) is 15.5. The highest BCUT2D eigenvalue weighted by molar-refractivity contribution is 5.80. The van der Waals surface area contributed by atoms with Gasteiger partial charge in [0.05, 0.1) is 7.11 Å². The summed E-state index contributed by atoms with van der Waals surface area (Å²) in [6, 6.07) is 6.16. The van der Waals surface area contributed by atoms with E-state index in [1.54, 1.807) is 14.2 Å². The molecule has 0 heterocycles. The second kappa shape index (κ2) is 9.91. The van der Waals surface area contributed by atoms with Crippen LogP contribution in [0.4, 0.5) is 0 Å². The fourth-order valence-corrected chi connectivity index (χ4v) is 2.72. The maximum absolute atomic E-state index is 11.7. The van der Waals surface area contributed by atoms with E-state index in [9.17, 15) is 4.79 Å². The molecule has 2 rings (SSSR count). The molecule has 1 amide bonds. The molecule has 138 valence electrons. The van der Waals surface area contributed by atoms with E-state index < -0.39 is 0 Å². The minimum absolute atomic E-state index is 0.209. The summed E-state index contributed by atoms with van der Waals surface area (Å²) in [5, 5.41) is 9.55. The first kappa shape index (κ1) is 19.1. The number of nitrogens with zero attached hydrogens (tertiary/aromatic N) is 1. The van der Waals surface area contributed by atoms with Gasteiger partial charge < -0.3 is 20.7 Å². The van der Waals surface area contributed by atoms with Gasteiger partial charge in [-0.3, -0.25) is 9.79 Å². The third-order valence-electron chi connectivity index (χ3n) is 4.53. The van der Waals surface area contributed by atoms with Crippen LogP contribution in [0.3, 0.4) is 0 Å². The van der Waals surface area contributed by atoms with Gasteiger partial charge in [-0.2, -0.15) is 0 Å². The number of hydrogen-bond donors (Lipinski definition) is 3. The standard InChI is InChI=1S/C19H30N4O2/c1-14-8-9-16(17(12-14)25-3)13-23-19(20-2)22-11-5-10-21-18(24)15-6-4-7-15/h8-9,12,15H,4-7,10-11,13H2,1-3H3,(H,21,24)(H2,20,22,23). The van der Waals surface area contributed by atoms with Gasteiger partial charge >= 0.3 is 0 Å². The van der Waals surface area contributed by atoms with Gasteiger partial charge in [-0.1, -0.05) is 18.6 Å². The summed E-state index contributed by atoms with van der Waals surface area (Å²) in [6.45, 7) is 4.15. The number of rotatable bonds is 8. The summed E-state index contributed by atoms with van der Waals surface area (Å²) in [7, 11) is 3.43. The second-order valence-electron chi connectivity index (χ2n) is 6.44. The Bertz CT molecular complexity index is 597. The molecule has 0 aliphatic heterocycles. The SMILES string of the molecule is CN=C(NCCCNC(=O)C1CCC1)NCc1ccc(C)cc1OC. The van der Waals surface area contributed by atoms with Gasteiger partial charge in [0.2, 0.25) is 5.91 Å². The van der Waals surface area contributed by atoms with E-state index in [4.69, 9.17) is 4.74 Å². The maximum atomic E-state index is 11.7. The molecule has 6 heteroatoms. The second-order valence-corrected chi connectivity index (χ2v) is 6.44. The Labute approximate surface area is 150 Å². The number of aryl methyl sites for hydroxylation is 1. The van der Waals surface area contributed by atoms with Crippen LogP contribution in [-0.2, 0) is 11.3 Å². The molecule has 0 saturated heterocycles. The van der Waals surface area contributed by atoms with Crippen LogP contribution in [0.2, 0.25) is 0 Å². The number of carbonyl (C=O) groups excluding carboxylic acids is 1. The summed E-state index contributed by atoms with van der Waals surface area (Å²) in [4.78, 5) is 16.0. The van der Waals surface area contributed by atoms with Crippen molar-refractivity contribution in [2.45, 2.75) is 39.2 Å². The molecule has 1 fully saturated rings. The Morgan fingerprint density at radius 3 is 2.64 bits per heavy atom. The fourth-order valence-electron chi connectivity index (χ4n) is 2.72. The molecule has 1 aliphatic carbocycles. The molecule has 1 saturated carbocycles. The van der Waals surface area contributed by atoms with E-state index in [2.05, 4.69) is 33.1 Å². The molecule has 1 aromatic rings. The van der Waals surface area contributed by atoms with Gasteiger partial charge in [0.25, 0.3) is 0 Å². The highest BCUT2D eigenvalue weighted by Crippen LogP contribution is 2.26. The minimum atomic E-state index is 0.209. The molecule has 0 radical (unpaired) electrons. The van der Waals surface area contributed by atoms with Crippen LogP contribution in [-0.4, -0.2) is 39.1 Å². The van der Waals surface area contributed by atoms with Crippen LogP contribution in [0.5, 0.6) is 5.75 Å². The van der Waals surface area contributed by atoms with Crippen LogP contribution < -0.4 is 20.7 Å². The van der Waals surface area contributed by atoms with E-state index in [0.717, 1.165) is 43.1 Å². The van der Waals surface area contributed by atoms with Gasteiger partial charge in [-0.25, -0.2) is 0 Å². The number of nitrogens with one attached hydrogen (secondary N) is 3. The number of carbonyl (C=O) groups is 1. The molecule has 0 unspecified atom stereocenters. The summed E-state index contributed by atoms with van der Waals surface area (Å²) < 4.78 is 5.42. The molecule has 0 aromatic heterocycles. The highest BCUT2D eigenvalue weighted by Gasteiger charge is 2.24. The van der Waals surface area contributed by atoms with Crippen molar-refractivity contribution in [2.24, 2.45) is 10.9 Å².